The van der Waals surface area contributed by atoms with Crippen LogP contribution in [0.4, 0.5) is 5.82 Å². The van der Waals surface area contributed by atoms with Crippen LogP contribution in [-0.2, 0) is 15.4 Å². The van der Waals surface area contributed by atoms with Gasteiger partial charge in [0.05, 0.1) is 18.6 Å². The molecule has 0 atom stereocenters. The molecule has 0 aliphatic heterocycles. The summed E-state index contributed by atoms with van der Waals surface area (Å²) in [4.78, 5) is 9.17. The first-order valence-corrected chi connectivity index (χ1v) is 14.3. The molecule has 1 heterocycles. The highest BCUT2D eigenvalue weighted by Gasteiger charge is 2.26. The Morgan fingerprint density at radius 3 is 2.15 bits per heavy atom. The van der Waals surface area contributed by atoms with Crippen LogP contribution in [0.3, 0.4) is 0 Å². The Bertz CT molecular complexity index is 1540. The minimum Gasteiger partial charge on any atom is -0.493 e. The van der Waals surface area contributed by atoms with Crippen molar-refractivity contribution < 1.29 is 27.7 Å². The number of aliphatic hydroxyl groups excluding tert-OH is 1. The molecule has 10 heteroatoms. The van der Waals surface area contributed by atoms with Gasteiger partial charge in [0.25, 0.3) is 15.9 Å². The van der Waals surface area contributed by atoms with Crippen LogP contribution >= 0.6 is 0 Å². The zero-order valence-electron chi connectivity index (χ0n) is 22.9. The monoisotopic (exact) mass is 563 g/mol. The van der Waals surface area contributed by atoms with E-state index in [-0.39, 0.29) is 46.8 Å². The number of rotatable bonds is 11. The van der Waals surface area contributed by atoms with Gasteiger partial charge in [-0.3, -0.25) is 4.72 Å². The second-order valence-electron chi connectivity index (χ2n) is 9.95. The van der Waals surface area contributed by atoms with Gasteiger partial charge in [0.15, 0.2) is 23.1 Å². The molecule has 0 fully saturated rings. The third-order valence-corrected chi connectivity index (χ3v) is 7.31. The Balaban J connectivity index is 1.85. The molecule has 0 amide bonds. The summed E-state index contributed by atoms with van der Waals surface area (Å²) in [6.07, 6.45) is 0.333. The van der Waals surface area contributed by atoms with E-state index >= 15 is 0 Å². The number of nitrogens with zero attached hydrogens (tertiary/aromatic N) is 2. The Morgan fingerprint density at radius 1 is 0.875 bits per heavy atom. The molecule has 0 bridgehead atoms. The lowest BCUT2D eigenvalue weighted by Gasteiger charge is -2.20. The van der Waals surface area contributed by atoms with Crippen molar-refractivity contribution >= 4 is 15.8 Å². The van der Waals surface area contributed by atoms with E-state index in [4.69, 9.17) is 14.2 Å². The van der Waals surface area contributed by atoms with E-state index in [0.717, 1.165) is 5.56 Å². The number of methoxy groups -OCH3 is 1. The van der Waals surface area contributed by atoms with E-state index in [1.807, 2.05) is 18.2 Å². The second-order valence-corrected chi connectivity index (χ2v) is 11.6. The Morgan fingerprint density at radius 2 is 1.52 bits per heavy atom. The quantitative estimate of drug-likeness (QED) is 0.220. The molecule has 0 aliphatic rings. The minimum absolute atomic E-state index is 0.00832. The van der Waals surface area contributed by atoms with Crippen LogP contribution in [0.25, 0.3) is 11.4 Å². The van der Waals surface area contributed by atoms with Gasteiger partial charge >= 0.3 is 0 Å². The maximum Gasteiger partial charge on any atom is 0.263 e. The molecule has 9 nitrogen and oxygen atoms in total. The second kappa shape index (κ2) is 12.4. The zero-order chi connectivity index (χ0) is 28.8. The van der Waals surface area contributed by atoms with E-state index in [1.165, 1.54) is 7.11 Å². The molecular weight excluding hydrogens is 530 g/mol. The van der Waals surface area contributed by atoms with Gasteiger partial charge in [-0.15, -0.1) is 0 Å². The average molecular weight is 564 g/mol. The normalized spacial score (nSPS) is 11.6. The summed E-state index contributed by atoms with van der Waals surface area (Å²) in [5.41, 5.74) is 1.51. The van der Waals surface area contributed by atoms with Gasteiger partial charge in [-0.05, 0) is 35.2 Å². The smallest absolute Gasteiger partial charge is 0.263 e. The number of hydrogen-bond donors (Lipinski definition) is 2. The molecule has 210 valence electrons. The summed E-state index contributed by atoms with van der Waals surface area (Å²) < 4.78 is 47.2. The number of para-hydroxylation sites is 2. The summed E-state index contributed by atoms with van der Waals surface area (Å²) in [5, 5.41) is 9.30. The fourth-order valence-corrected chi connectivity index (χ4v) is 4.78. The van der Waals surface area contributed by atoms with Crippen molar-refractivity contribution in [3.63, 3.8) is 0 Å². The molecule has 0 aliphatic carbocycles. The van der Waals surface area contributed by atoms with Crippen molar-refractivity contribution in [2.45, 2.75) is 37.5 Å². The fourth-order valence-electron chi connectivity index (χ4n) is 3.77. The van der Waals surface area contributed by atoms with E-state index in [2.05, 4.69) is 35.5 Å². The van der Waals surface area contributed by atoms with Crippen molar-refractivity contribution in [3.8, 4) is 34.5 Å². The lowest BCUT2D eigenvalue weighted by molar-refractivity contribution is 0.224. The number of hydrogen-bond acceptors (Lipinski definition) is 8. The summed E-state index contributed by atoms with van der Waals surface area (Å²) in [6, 6.07) is 22.7. The Kier molecular flexibility index (Phi) is 8.91. The summed E-state index contributed by atoms with van der Waals surface area (Å²) >= 11 is 0. The molecule has 4 aromatic rings. The topological polar surface area (TPSA) is 120 Å². The number of aromatic nitrogens is 2. The molecule has 40 heavy (non-hydrogen) atoms. The molecule has 3 aromatic carbocycles. The lowest BCUT2D eigenvalue weighted by atomic mass is 9.87. The number of aliphatic hydroxyl groups is 1. The Hall–Kier alpha value is -4.15. The van der Waals surface area contributed by atoms with Crippen LogP contribution in [0.15, 0.2) is 83.8 Å². The van der Waals surface area contributed by atoms with E-state index in [0.29, 0.717) is 23.5 Å². The van der Waals surface area contributed by atoms with Gasteiger partial charge in [-0.1, -0.05) is 75.4 Å². The number of ether oxygens (including phenoxy) is 3. The fraction of sp³-hybridized carbons (Fsp3) is 0.267. The molecule has 0 saturated heterocycles. The molecule has 1 aromatic heterocycles. The summed E-state index contributed by atoms with van der Waals surface area (Å²) in [6.45, 7) is 6.19. The van der Waals surface area contributed by atoms with Crippen molar-refractivity contribution in [2.75, 3.05) is 25.0 Å². The van der Waals surface area contributed by atoms with Gasteiger partial charge in [0.2, 0.25) is 5.75 Å². The third-order valence-electron chi connectivity index (χ3n) is 5.95. The predicted octanol–water partition coefficient (Wildman–Crippen LogP) is 5.80. The number of anilines is 1. The molecule has 0 radical (unpaired) electrons. The van der Waals surface area contributed by atoms with E-state index < -0.39 is 10.0 Å². The molecular formula is C30H33N3O6S. The maximum absolute atomic E-state index is 13.6. The number of nitrogens with one attached hydrogen (secondary N) is 1. The Labute approximate surface area is 234 Å². The molecule has 0 spiro atoms. The first-order chi connectivity index (χ1) is 19.1. The van der Waals surface area contributed by atoms with E-state index in [9.17, 15) is 13.5 Å². The van der Waals surface area contributed by atoms with Gasteiger partial charge < -0.3 is 19.3 Å². The first kappa shape index (κ1) is 28.8. The van der Waals surface area contributed by atoms with Crippen LogP contribution in [0.5, 0.6) is 23.1 Å². The highest BCUT2D eigenvalue weighted by molar-refractivity contribution is 7.92. The van der Waals surface area contributed by atoms with Crippen molar-refractivity contribution in [1.82, 2.24) is 9.97 Å². The highest BCUT2D eigenvalue weighted by atomic mass is 32.2. The van der Waals surface area contributed by atoms with Crippen molar-refractivity contribution in [1.29, 1.82) is 0 Å². The van der Waals surface area contributed by atoms with Gasteiger partial charge in [-0.2, -0.15) is 4.98 Å². The summed E-state index contributed by atoms with van der Waals surface area (Å²) in [5.74, 6) is 0.808. The van der Waals surface area contributed by atoms with Crippen LogP contribution < -0.4 is 18.9 Å². The first-order valence-electron chi connectivity index (χ1n) is 12.8. The molecule has 0 unspecified atom stereocenters. The SMILES string of the molecule is COc1ccccc1Oc1c(NS(=O)(=O)c2ccc(C(C)(C)C)cc2)nc(-c2ccccc2)nc1OCCCO. The summed E-state index contributed by atoms with van der Waals surface area (Å²) in [7, 11) is -2.59. The predicted molar refractivity (Wildman–Crippen MR) is 154 cm³/mol. The largest absolute Gasteiger partial charge is 0.493 e. The van der Waals surface area contributed by atoms with Crippen LogP contribution in [0.2, 0.25) is 0 Å². The van der Waals surface area contributed by atoms with Crippen LogP contribution in [0, 0.1) is 0 Å². The van der Waals surface area contributed by atoms with Crippen LogP contribution in [-0.4, -0.2) is 43.8 Å². The zero-order valence-corrected chi connectivity index (χ0v) is 23.7. The lowest BCUT2D eigenvalue weighted by Crippen LogP contribution is -2.17. The maximum atomic E-state index is 13.6. The minimum atomic E-state index is -4.09. The molecule has 4 rings (SSSR count). The average Bonchev–Trinajstić information content (AvgIpc) is 2.94. The van der Waals surface area contributed by atoms with Gasteiger partial charge in [-0.25, -0.2) is 13.4 Å². The molecule has 0 saturated carbocycles. The van der Waals surface area contributed by atoms with E-state index in [1.54, 1.807) is 60.7 Å². The van der Waals surface area contributed by atoms with Crippen molar-refractivity contribution in [2.24, 2.45) is 0 Å². The molecule has 2 N–H and O–H groups in total. The third kappa shape index (κ3) is 6.88. The standard InChI is InChI=1S/C30H33N3O6S/c1-30(2,3)22-15-17-23(18-16-22)40(35,36)33-28-26(39-25-14-9-8-13-24(25)37-4)29(38-20-10-19-34)32-27(31-28)21-11-6-5-7-12-21/h5-9,11-18,34H,10,19-20H2,1-4H3,(H,31,32,33). The van der Waals surface area contributed by atoms with Gasteiger partial charge in [0, 0.05) is 18.6 Å². The highest BCUT2D eigenvalue weighted by Crippen LogP contribution is 2.41. The van der Waals surface area contributed by atoms with Gasteiger partial charge in [0.1, 0.15) is 0 Å². The number of benzene rings is 3. The number of sulfonamides is 1. The van der Waals surface area contributed by atoms with Crippen molar-refractivity contribution in [3.05, 3.63) is 84.4 Å². The van der Waals surface area contributed by atoms with Crippen LogP contribution in [0.1, 0.15) is 32.8 Å².